The second-order valence-electron chi connectivity index (χ2n) is 11.7. The molecule has 0 spiro atoms. The molecule has 0 bridgehead atoms. The highest BCUT2D eigenvalue weighted by Crippen LogP contribution is 2.36. The third-order valence-corrected chi connectivity index (χ3v) is 8.51. The quantitative estimate of drug-likeness (QED) is 0.133. The molecule has 0 aliphatic carbocycles. The minimum atomic E-state index is -4.96. The summed E-state index contributed by atoms with van der Waals surface area (Å²) in [7, 11) is 0. The molecule has 1 aliphatic rings. The molecule has 3 unspecified atom stereocenters. The van der Waals surface area contributed by atoms with Gasteiger partial charge in [-0.1, -0.05) is 78.7 Å². The number of benzene rings is 4. The molecule has 5 rings (SSSR count). The van der Waals surface area contributed by atoms with Crippen LogP contribution in [0.1, 0.15) is 54.1 Å². The summed E-state index contributed by atoms with van der Waals surface area (Å²) in [5.74, 6) is 1.63. The van der Waals surface area contributed by atoms with Crippen LogP contribution in [-0.2, 0) is 23.6 Å². The lowest BCUT2D eigenvalue weighted by molar-refractivity contribution is -0.138. The van der Waals surface area contributed by atoms with Gasteiger partial charge in [0.15, 0.2) is 11.6 Å². The molecule has 11 heteroatoms. The van der Waals surface area contributed by atoms with Gasteiger partial charge in [-0.15, -0.1) is 0 Å². The highest BCUT2D eigenvalue weighted by molar-refractivity contribution is 6.10. The normalized spacial score (nSPS) is 18.0. The molecule has 0 saturated carbocycles. The Morgan fingerprint density at radius 1 is 0.735 bits per heavy atom. The Bertz CT molecular complexity index is 1940. The van der Waals surface area contributed by atoms with Crippen molar-refractivity contribution in [2.75, 3.05) is 6.54 Å². The summed E-state index contributed by atoms with van der Waals surface area (Å²) < 4.78 is 84.8. The number of nitrogens with one attached hydrogen (secondary N) is 1. The number of alkyl halides is 6. The molecule has 252 valence electrons. The van der Waals surface area contributed by atoms with Crippen LogP contribution in [0.15, 0.2) is 97.1 Å². The molecule has 0 aromatic heterocycles. The van der Waals surface area contributed by atoms with Crippen molar-refractivity contribution in [3.05, 3.63) is 142 Å². The van der Waals surface area contributed by atoms with Gasteiger partial charge >= 0.3 is 12.4 Å². The van der Waals surface area contributed by atoms with Gasteiger partial charge in [0, 0.05) is 35.2 Å². The van der Waals surface area contributed by atoms with Crippen molar-refractivity contribution < 1.29 is 40.7 Å². The summed E-state index contributed by atoms with van der Waals surface area (Å²) in [6.07, 6.45) is -9.87. The van der Waals surface area contributed by atoms with Crippen molar-refractivity contribution >= 4 is 17.5 Å². The summed E-state index contributed by atoms with van der Waals surface area (Å²) in [6, 6.07) is 17.1. The van der Waals surface area contributed by atoms with Gasteiger partial charge < -0.3 is 10.2 Å². The van der Waals surface area contributed by atoms with Crippen molar-refractivity contribution in [2.45, 2.75) is 50.7 Å². The van der Waals surface area contributed by atoms with Crippen LogP contribution >= 0.6 is 0 Å². The zero-order valence-corrected chi connectivity index (χ0v) is 26.3. The molecule has 5 nitrogen and oxygen atoms in total. The predicted molar refractivity (Wildman–Crippen MR) is 171 cm³/mol. The SMILES string of the molecule is Cc1ccc(CC2NCC(C(=O)c3ccccc3C(F)(F)F)N(C(=O)C#Cc3ccccc3)C2C(=O)c2ccccc2C(F)(F)F)cc1C. The van der Waals surface area contributed by atoms with Crippen LogP contribution in [0, 0.1) is 25.7 Å². The number of piperazine rings is 1. The van der Waals surface area contributed by atoms with E-state index in [1.807, 2.05) is 26.0 Å². The number of ketones is 2. The predicted octanol–water partition coefficient (Wildman–Crippen LogP) is 7.24. The molecule has 1 heterocycles. The van der Waals surface area contributed by atoms with Gasteiger partial charge in [-0.2, -0.15) is 26.3 Å². The number of aryl methyl sites for hydroxylation is 2. The van der Waals surface area contributed by atoms with Crippen LogP contribution in [-0.4, -0.2) is 47.0 Å². The molecule has 1 aliphatic heterocycles. The van der Waals surface area contributed by atoms with Gasteiger partial charge in [0.25, 0.3) is 5.91 Å². The van der Waals surface area contributed by atoms with E-state index in [9.17, 15) is 40.7 Å². The molecule has 4 aromatic rings. The van der Waals surface area contributed by atoms with Gasteiger partial charge in [0.05, 0.1) is 11.1 Å². The molecule has 1 saturated heterocycles. The van der Waals surface area contributed by atoms with E-state index >= 15 is 0 Å². The van der Waals surface area contributed by atoms with Gasteiger partial charge in [-0.25, -0.2) is 0 Å². The summed E-state index contributed by atoms with van der Waals surface area (Å²) in [5, 5.41) is 3.03. The number of hydrogen-bond acceptors (Lipinski definition) is 4. The highest BCUT2D eigenvalue weighted by Gasteiger charge is 2.49. The average Bonchev–Trinajstić information content (AvgIpc) is 3.07. The van der Waals surface area contributed by atoms with Crippen LogP contribution < -0.4 is 5.32 Å². The Labute approximate surface area is 278 Å². The van der Waals surface area contributed by atoms with Crippen LogP contribution in [0.2, 0.25) is 0 Å². The maximum absolute atomic E-state index is 14.4. The maximum atomic E-state index is 14.4. The van der Waals surface area contributed by atoms with E-state index in [1.54, 1.807) is 36.4 Å². The fourth-order valence-corrected chi connectivity index (χ4v) is 5.97. The lowest BCUT2D eigenvalue weighted by Crippen LogP contribution is -2.69. The summed E-state index contributed by atoms with van der Waals surface area (Å²) in [5.41, 5.74) is -1.11. The first kappa shape index (κ1) is 35.1. The van der Waals surface area contributed by atoms with Crippen molar-refractivity contribution in [3.8, 4) is 11.8 Å². The summed E-state index contributed by atoms with van der Waals surface area (Å²) in [4.78, 5) is 43.4. The van der Waals surface area contributed by atoms with E-state index in [4.69, 9.17) is 0 Å². The third kappa shape index (κ3) is 7.76. The molecular weight excluding hydrogens is 646 g/mol. The number of halogens is 6. The second kappa shape index (κ2) is 14.1. The van der Waals surface area contributed by atoms with Gasteiger partial charge in [-0.3, -0.25) is 14.4 Å². The number of nitrogens with zero attached hydrogens (tertiary/aromatic N) is 1. The smallest absolute Gasteiger partial charge is 0.309 e. The second-order valence-corrected chi connectivity index (χ2v) is 11.7. The Morgan fingerprint density at radius 3 is 1.86 bits per heavy atom. The molecule has 49 heavy (non-hydrogen) atoms. The van der Waals surface area contributed by atoms with Crippen molar-refractivity contribution in [1.29, 1.82) is 0 Å². The van der Waals surface area contributed by atoms with Crippen LogP contribution in [0.4, 0.5) is 26.3 Å². The molecule has 0 radical (unpaired) electrons. The van der Waals surface area contributed by atoms with Crippen LogP contribution in [0.3, 0.4) is 0 Å². The summed E-state index contributed by atoms with van der Waals surface area (Å²) >= 11 is 0. The fourth-order valence-electron chi connectivity index (χ4n) is 5.97. The molecule has 1 N–H and O–H groups in total. The standard InChI is InChI=1S/C38H30F6N2O3/c1-23-16-17-26(20-24(23)2)21-31-34(36(49)28-13-7-9-15-30(28)38(42,43)44)46(33(47)19-18-25-10-4-3-5-11-25)32(22-45-31)35(48)27-12-6-8-14-29(27)37(39,40)41/h3-17,20,31-32,34,45H,21-22H2,1-2H3. The number of carbonyl (C=O) groups excluding carboxylic acids is 3. The largest absolute Gasteiger partial charge is 0.417 e. The molecule has 4 aromatic carbocycles. The van der Waals surface area contributed by atoms with Crippen molar-refractivity contribution in [2.24, 2.45) is 0 Å². The lowest BCUT2D eigenvalue weighted by atomic mass is 9.84. The summed E-state index contributed by atoms with van der Waals surface area (Å²) in [6.45, 7) is 3.35. The van der Waals surface area contributed by atoms with E-state index in [-0.39, 0.29) is 6.42 Å². The number of Topliss-reactive ketones (excluding diaryl/α,β-unsaturated/α-hetero) is 2. The van der Waals surface area contributed by atoms with Crippen molar-refractivity contribution in [3.63, 3.8) is 0 Å². The first-order valence-corrected chi connectivity index (χ1v) is 15.3. The zero-order valence-electron chi connectivity index (χ0n) is 26.3. The number of rotatable bonds is 6. The first-order valence-electron chi connectivity index (χ1n) is 15.3. The van der Waals surface area contributed by atoms with Crippen LogP contribution in [0.25, 0.3) is 0 Å². The molecular formula is C38H30F6N2O3. The minimum Gasteiger partial charge on any atom is -0.309 e. The van der Waals surface area contributed by atoms with Gasteiger partial charge in [0.2, 0.25) is 0 Å². The molecule has 1 amide bonds. The Balaban J connectivity index is 1.70. The van der Waals surface area contributed by atoms with E-state index in [2.05, 4.69) is 17.2 Å². The molecule has 3 atom stereocenters. The zero-order chi connectivity index (χ0) is 35.5. The number of amides is 1. The first-order chi connectivity index (χ1) is 23.2. The van der Waals surface area contributed by atoms with Gasteiger partial charge in [-0.05, 0) is 61.2 Å². The van der Waals surface area contributed by atoms with Gasteiger partial charge in [0.1, 0.15) is 12.1 Å². The highest BCUT2D eigenvalue weighted by atomic mass is 19.4. The Morgan fingerprint density at radius 2 is 1.29 bits per heavy atom. The van der Waals surface area contributed by atoms with Crippen molar-refractivity contribution in [1.82, 2.24) is 10.2 Å². The van der Waals surface area contributed by atoms with E-state index in [0.29, 0.717) is 11.1 Å². The Kier molecular flexibility index (Phi) is 10.1. The van der Waals surface area contributed by atoms with Crippen LogP contribution in [0.5, 0.6) is 0 Å². The topological polar surface area (TPSA) is 66.5 Å². The minimum absolute atomic E-state index is 0.0294. The fraction of sp³-hybridized carbons (Fsp3) is 0.237. The van der Waals surface area contributed by atoms with E-state index in [1.165, 1.54) is 12.1 Å². The maximum Gasteiger partial charge on any atom is 0.417 e. The van der Waals surface area contributed by atoms with E-state index < -0.39 is 76.8 Å². The number of hydrogen-bond donors (Lipinski definition) is 1. The molecule has 1 fully saturated rings. The average molecular weight is 677 g/mol. The lowest BCUT2D eigenvalue weighted by Gasteiger charge is -2.45. The monoisotopic (exact) mass is 676 g/mol. The number of carbonyl (C=O) groups is 3. The van der Waals surface area contributed by atoms with E-state index in [0.717, 1.165) is 52.4 Å². The Hall–Kier alpha value is -5.21. The third-order valence-electron chi connectivity index (χ3n) is 8.51.